The third-order valence-corrected chi connectivity index (χ3v) is 6.00. The molecule has 2 rings (SSSR count). The van der Waals surface area contributed by atoms with Gasteiger partial charge in [-0.2, -0.15) is 5.26 Å². The van der Waals surface area contributed by atoms with Crippen molar-refractivity contribution >= 4 is 34.4 Å². The number of rotatable bonds is 8. The minimum Gasteiger partial charge on any atom is -0.198 e. The smallest absolute Gasteiger partial charge is 0.0621 e. The summed E-state index contributed by atoms with van der Waals surface area (Å²) in [6.07, 6.45) is 5.46. The zero-order valence-corrected chi connectivity index (χ0v) is 13.3. The van der Waals surface area contributed by atoms with E-state index in [1.165, 1.54) is 39.7 Å². The summed E-state index contributed by atoms with van der Waals surface area (Å²) in [5.74, 6) is 1.19. The fraction of sp³-hybridized carbons (Fsp3) is 0.400. The van der Waals surface area contributed by atoms with Crippen LogP contribution in [0.4, 0.5) is 0 Å². The van der Waals surface area contributed by atoms with Gasteiger partial charge in [0, 0.05) is 26.5 Å². The Bertz CT molecular complexity index is 508. The second-order valence-electron chi connectivity index (χ2n) is 4.29. The van der Waals surface area contributed by atoms with Crippen LogP contribution < -0.4 is 0 Å². The summed E-state index contributed by atoms with van der Waals surface area (Å²) in [5.41, 5.74) is 0. The number of unbranched alkanes of at least 4 members (excludes halogenated alkanes) is 4. The number of nitriles is 1. The molecule has 0 spiro atoms. The molecule has 0 fully saturated rings. The molecule has 0 aromatic carbocycles. The summed E-state index contributed by atoms with van der Waals surface area (Å²) in [4.78, 5) is 4.14. The molecule has 1 nitrogen and oxygen atoms in total. The van der Waals surface area contributed by atoms with Gasteiger partial charge in [0.1, 0.15) is 0 Å². The van der Waals surface area contributed by atoms with E-state index in [-0.39, 0.29) is 0 Å². The van der Waals surface area contributed by atoms with Gasteiger partial charge >= 0.3 is 0 Å². The number of hydrogen-bond donors (Lipinski definition) is 0. The Balaban J connectivity index is 1.66. The van der Waals surface area contributed by atoms with Crippen molar-refractivity contribution in [2.24, 2.45) is 0 Å². The Hall–Kier alpha value is -0.760. The highest BCUT2D eigenvalue weighted by Gasteiger charge is 2.03. The highest BCUT2D eigenvalue weighted by Crippen LogP contribution is 2.34. The van der Waals surface area contributed by atoms with Gasteiger partial charge in [0.2, 0.25) is 0 Å². The molecule has 0 N–H and O–H groups in total. The number of hydrogen-bond acceptors (Lipinski definition) is 4. The maximum atomic E-state index is 8.45. The highest BCUT2D eigenvalue weighted by molar-refractivity contribution is 7.99. The van der Waals surface area contributed by atoms with Crippen LogP contribution in [0, 0.1) is 11.3 Å². The molecule has 100 valence electrons. The lowest BCUT2D eigenvalue weighted by Crippen LogP contribution is -1.81. The van der Waals surface area contributed by atoms with Gasteiger partial charge in [0.05, 0.1) is 6.07 Å². The van der Waals surface area contributed by atoms with Gasteiger partial charge in [0.25, 0.3) is 0 Å². The minimum absolute atomic E-state index is 0.710. The summed E-state index contributed by atoms with van der Waals surface area (Å²) in [6.45, 7) is 0. The quantitative estimate of drug-likeness (QED) is 0.438. The van der Waals surface area contributed by atoms with Crippen LogP contribution in [0.5, 0.6) is 0 Å². The Morgan fingerprint density at radius 2 is 2.00 bits per heavy atom. The minimum atomic E-state index is 0.710. The van der Waals surface area contributed by atoms with Crippen LogP contribution in [0.1, 0.15) is 32.1 Å². The molecule has 0 unspecified atom stereocenters. The molecule has 2 aromatic heterocycles. The largest absolute Gasteiger partial charge is 0.198 e. The molecule has 0 aliphatic carbocycles. The second kappa shape index (κ2) is 8.42. The average molecular weight is 308 g/mol. The van der Waals surface area contributed by atoms with Crippen LogP contribution >= 0.6 is 34.4 Å². The van der Waals surface area contributed by atoms with Crippen molar-refractivity contribution in [3.05, 3.63) is 29.0 Å². The van der Waals surface area contributed by atoms with E-state index in [4.69, 9.17) is 5.26 Å². The van der Waals surface area contributed by atoms with Crippen LogP contribution in [0.3, 0.4) is 0 Å². The van der Waals surface area contributed by atoms with Gasteiger partial charge in [-0.1, -0.05) is 18.9 Å². The van der Waals surface area contributed by atoms with Gasteiger partial charge in [-0.25, -0.2) is 0 Å². The van der Waals surface area contributed by atoms with Crippen molar-refractivity contribution in [3.63, 3.8) is 0 Å². The Labute approximate surface area is 127 Å². The van der Waals surface area contributed by atoms with Crippen LogP contribution in [-0.2, 0) is 0 Å². The van der Waals surface area contributed by atoms with Gasteiger partial charge in [-0.15, -0.1) is 34.4 Å². The van der Waals surface area contributed by atoms with E-state index < -0.39 is 0 Å². The van der Waals surface area contributed by atoms with Crippen molar-refractivity contribution < 1.29 is 0 Å². The summed E-state index contributed by atoms with van der Waals surface area (Å²) < 4.78 is 0. The monoisotopic (exact) mass is 307 g/mol. The second-order valence-corrected chi connectivity index (χ2v) is 7.32. The SMILES string of the molecule is N#CCCCCCCSc1csc(-c2cccs2)c1. The first-order chi connectivity index (χ1) is 9.40. The average Bonchev–Trinajstić information content (AvgIpc) is 3.08. The molecular weight excluding hydrogens is 290 g/mol. The Morgan fingerprint density at radius 3 is 2.79 bits per heavy atom. The van der Waals surface area contributed by atoms with E-state index in [0.29, 0.717) is 6.42 Å². The molecule has 0 saturated carbocycles. The fourth-order valence-corrected chi connectivity index (χ4v) is 4.68. The first-order valence-electron chi connectivity index (χ1n) is 6.52. The zero-order chi connectivity index (χ0) is 13.3. The molecule has 2 heterocycles. The van der Waals surface area contributed by atoms with Crippen molar-refractivity contribution in [2.45, 2.75) is 37.0 Å². The van der Waals surface area contributed by atoms with Crippen molar-refractivity contribution in [1.29, 1.82) is 5.26 Å². The van der Waals surface area contributed by atoms with E-state index in [2.05, 4.69) is 35.0 Å². The summed E-state index contributed by atoms with van der Waals surface area (Å²) in [7, 11) is 0. The number of thiophene rings is 2. The third-order valence-electron chi connectivity index (χ3n) is 2.79. The van der Waals surface area contributed by atoms with Gasteiger partial charge < -0.3 is 0 Å². The predicted molar refractivity (Wildman–Crippen MR) is 87.1 cm³/mol. The van der Waals surface area contributed by atoms with Gasteiger partial charge in [-0.05, 0) is 36.1 Å². The summed E-state index contributed by atoms with van der Waals surface area (Å²) in [5, 5.41) is 12.8. The maximum absolute atomic E-state index is 8.45. The lowest BCUT2D eigenvalue weighted by molar-refractivity contribution is 0.681. The normalized spacial score (nSPS) is 10.5. The molecule has 2 aromatic rings. The number of thioether (sulfide) groups is 1. The number of nitrogens with zero attached hydrogens (tertiary/aromatic N) is 1. The van der Waals surface area contributed by atoms with Crippen molar-refractivity contribution in [2.75, 3.05) is 5.75 Å². The zero-order valence-electron chi connectivity index (χ0n) is 10.8. The molecule has 0 aliphatic rings. The van der Waals surface area contributed by atoms with E-state index in [9.17, 15) is 0 Å². The molecule has 0 radical (unpaired) electrons. The highest BCUT2D eigenvalue weighted by atomic mass is 32.2. The molecule has 0 amide bonds. The van der Waals surface area contributed by atoms with Gasteiger partial charge in [-0.3, -0.25) is 0 Å². The van der Waals surface area contributed by atoms with Gasteiger partial charge in [0.15, 0.2) is 0 Å². The van der Waals surface area contributed by atoms with Crippen LogP contribution in [0.15, 0.2) is 33.9 Å². The Kier molecular flexibility index (Phi) is 6.49. The van der Waals surface area contributed by atoms with E-state index in [0.717, 1.165) is 6.42 Å². The van der Waals surface area contributed by atoms with Crippen molar-refractivity contribution in [1.82, 2.24) is 0 Å². The van der Waals surface area contributed by atoms with Crippen LogP contribution in [0.25, 0.3) is 9.75 Å². The third kappa shape index (κ3) is 5.02. The molecule has 0 bridgehead atoms. The molecule has 19 heavy (non-hydrogen) atoms. The summed E-state index contributed by atoms with van der Waals surface area (Å²) in [6, 6.07) is 8.79. The molecule has 0 atom stereocenters. The standard InChI is InChI=1S/C15H17NS3/c16-8-4-2-1-3-5-9-17-13-11-15(19-12-13)14-7-6-10-18-14/h6-7,10-12H,1-5,9H2. The van der Waals surface area contributed by atoms with Crippen LogP contribution in [-0.4, -0.2) is 5.75 Å². The molecule has 4 heteroatoms. The predicted octanol–water partition coefficient (Wildman–Crippen LogP) is 6.04. The lowest BCUT2D eigenvalue weighted by atomic mass is 10.2. The molecule has 0 saturated heterocycles. The van der Waals surface area contributed by atoms with Crippen LogP contribution in [0.2, 0.25) is 0 Å². The van der Waals surface area contributed by atoms with Crippen molar-refractivity contribution in [3.8, 4) is 15.8 Å². The van der Waals surface area contributed by atoms with E-state index in [1.807, 2.05) is 23.1 Å². The van der Waals surface area contributed by atoms with E-state index >= 15 is 0 Å². The first kappa shape index (κ1) is 14.6. The summed E-state index contributed by atoms with van der Waals surface area (Å²) >= 11 is 5.59. The molecule has 0 aliphatic heterocycles. The Morgan fingerprint density at radius 1 is 1.11 bits per heavy atom. The maximum Gasteiger partial charge on any atom is 0.0621 e. The first-order valence-corrected chi connectivity index (χ1v) is 9.27. The molecular formula is C15H17NS3. The lowest BCUT2D eigenvalue weighted by Gasteiger charge is -1.98. The fourth-order valence-electron chi connectivity index (χ4n) is 1.79. The topological polar surface area (TPSA) is 23.8 Å². The van der Waals surface area contributed by atoms with E-state index in [1.54, 1.807) is 11.3 Å².